The highest BCUT2D eigenvalue weighted by Gasteiger charge is 2.14. The predicted molar refractivity (Wildman–Crippen MR) is 103 cm³/mol. The summed E-state index contributed by atoms with van der Waals surface area (Å²) in [5.74, 6) is 1.96. The lowest BCUT2D eigenvalue weighted by Gasteiger charge is -2.11. The number of para-hydroxylation sites is 1. The number of aromatic nitrogens is 3. The third-order valence-corrected chi connectivity index (χ3v) is 4.39. The van der Waals surface area contributed by atoms with Gasteiger partial charge in [0.15, 0.2) is 11.0 Å². The van der Waals surface area contributed by atoms with Gasteiger partial charge in [-0.2, -0.15) is 5.26 Å². The first-order valence-corrected chi connectivity index (χ1v) is 9.26. The maximum absolute atomic E-state index is 8.86. The second kappa shape index (κ2) is 8.92. The average Bonchev–Trinajstić information content (AvgIpc) is 3.09. The van der Waals surface area contributed by atoms with Crippen molar-refractivity contribution in [1.29, 1.82) is 5.26 Å². The van der Waals surface area contributed by atoms with E-state index in [1.54, 1.807) is 0 Å². The minimum Gasteiger partial charge on any atom is -0.494 e. The minimum atomic E-state index is 0.331. The van der Waals surface area contributed by atoms with E-state index in [-0.39, 0.29) is 0 Å². The van der Waals surface area contributed by atoms with E-state index in [1.807, 2.05) is 66.1 Å². The molecule has 7 heteroatoms. The Morgan fingerprint density at radius 1 is 1.12 bits per heavy atom. The van der Waals surface area contributed by atoms with Gasteiger partial charge in [-0.3, -0.25) is 4.57 Å². The molecule has 1 aromatic heterocycles. The number of nitriles is 1. The van der Waals surface area contributed by atoms with Crippen LogP contribution in [0, 0.1) is 11.3 Å². The first-order chi connectivity index (χ1) is 12.8. The lowest BCUT2D eigenvalue weighted by atomic mass is 10.3. The minimum absolute atomic E-state index is 0.331. The van der Waals surface area contributed by atoms with Crippen molar-refractivity contribution in [3.63, 3.8) is 0 Å². The first-order valence-electron chi connectivity index (χ1n) is 8.28. The fourth-order valence-electron chi connectivity index (χ4n) is 2.46. The summed E-state index contributed by atoms with van der Waals surface area (Å²) < 4.78 is 7.43. The Morgan fingerprint density at radius 3 is 2.58 bits per heavy atom. The van der Waals surface area contributed by atoms with Gasteiger partial charge in [0.25, 0.3) is 0 Å². The molecule has 0 bridgehead atoms. The molecule has 26 heavy (non-hydrogen) atoms. The number of ether oxygens (including phenoxy) is 1. The Morgan fingerprint density at radius 2 is 1.88 bits per heavy atom. The molecule has 0 aliphatic carbocycles. The number of nitrogens with one attached hydrogen (secondary N) is 1. The van der Waals surface area contributed by atoms with Crippen LogP contribution in [0.1, 0.15) is 12.7 Å². The van der Waals surface area contributed by atoms with Crippen LogP contribution in [0.25, 0.3) is 5.69 Å². The molecule has 1 N–H and O–H groups in total. The molecule has 3 aromatic rings. The van der Waals surface area contributed by atoms with Crippen molar-refractivity contribution in [1.82, 2.24) is 14.8 Å². The van der Waals surface area contributed by atoms with Gasteiger partial charge in [0.05, 0.1) is 25.0 Å². The third kappa shape index (κ3) is 4.35. The van der Waals surface area contributed by atoms with Gasteiger partial charge in [0.1, 0.15) is 5.75 Å². The Hall–Kier alpha value is -2.98. The molecule has 0 spiro atoms. The molecule has 0 unspecified atom stereocenters. The van der Waals surface area contributed by atoms with Gasteiger partial charge in [-0.25, -0.2) is 0 Å². The van der Waals surface area contributed by atoms with Crippen molar-refractivity contribution in [3.8, 4) is 17.5 Å². The van der Waals surface area contributed by atoms with Gasteiger partial charge in [-0.15, -0.1) is 10.2 Å². The second-order valence-corrected chi connectivity index (χ2v) is 6.27. The van der Waals surface area contributed by atoms with Crippen LogP contribution in [0.2, 0.25) is 0 Å². The van der Waals surface area contributed by atoms with E-state index in [9.17, 15) is 0 Å². The number of nitrogens with zero attached hydrogens (tertiary/aromatic N) is 4. The van der Waals surface area contributed by atoms with Crippen molar-refractivity contribution in [2.24, 2.45) is 0 Å². The zero-order valence-electron chi connectivity index (χ0n) is 14.4. The van der Waals surface area contributed by atoms with Crippen molar-refractivity contribution >= 4 is 17.4 Å². The summed E-state index contributed by atoms with van der Waals surface area (Å²) in [7, 11) is 0. The highest BCUT2D eigenvalue weighted by atomic mass is 32.2. The molecule has 0 amide bonds. The van der Waals surface area contributed by atoms with Crippen molar-refractivity contribution < 1.29 is 4.74 Å². The summed E-state index contributed by atoms with van der Waals surface area (Å²) in [5, 5.41) is 21.5. The second-order valence-electron chi connectivity index (χ2n) is 5.33. The fraction of sp³-hybridized carbons (Fsp3) is 0.211. The topological polar surface area (TPSA) is 75.8 Å². The van der Waals surface area contributed by atoms with E-state index in [0.29, 0.717) is 24.1 Å². The maximum Gasteiger partial charge on any atom is 0.196 e. The summed E-state index contributed by atoms with van der Waals surface area (Å²) in [4.78, 5) is 0. The van der Waals surface area contributed by atoms with E-state index in [0.717, 1.165) is 22.9 Å². The van der Waals surface area contributed by atoms with Gasteiger partial charge in [0, 0.05) is 11.4 Å². The summed E-state index contributed by atoms with van der Waals surface area (Å²) in [6.45, 7) is 3.13. The molecular formula is C19H19N5OS. The van der Waals surface area contributed by atoms with Crippen LogP contribution in [-0.4, -0.2) is 27.1 Å². The fourth-order valence-corrected chi connectivity index (χ4v) is 3.09. The molecule has 6 nitrogen and oxygen atoms in total. The molecule has 132 valence electrons. The summed E-state index contributed by atoms with van der Waals surface area (Å²) >= 11 is 1.38. The van der Waals surface area contributed by atoms with Crippen molar-refractivity contribution in [3.05, 3.63) is 60.4 Å². The van der Waals surface area contributed by atoms with Crippen molar-refractivity contribution in [2.45, 2.75) is 18.6 Å². The Bertz CT molecular complexity index is 871. The molecule has 0 aliphatic heterocycles. The molecule has 0 fully saturated rings. The third-order valence-electron chi connectivity index (χ3n) is 3.60. The Labute approximate surface area is 156 Å². The maximum atomic E-state index is 8.86. The van der Waals surface area contributed by atoms with Gasteiger partial charge in [-0.1, -0.05) is 30.0 Å². The smallest absolute Gasteiger partial charge is 0.196 e. The summed E-state index contributed by atoms with van der Waals surface area (Å²) in [5.41, 5.74) is 1.95. The summed E-state index contributed by atoms with van der Waals surface area (Å²) in [6.07, 6.45) is 0. The van der Waals surface area contributed by atoms with Crippen LogP contribution in [-0.2, 0) is 6.54 Å². The zero-order valence-corrected chi connectivity index (χ0v) is 15.2. The number of hydrogen-bond acceptors (Lipinski definition) is 6. The molecule has 0 saturated heterocycles. The SMILES string of the molecule is CCOc1ccc(NCc2nnc(SCC#N)n2-c2ccccc2)cc1. The Kier molecular flexibility index (Phi) is 6.12. The van der Waals surface area contributed by atoms with Crippen LogP contribution < -0.4 is 10.1 Å². The van der Waals surface area contributed by atoms with E-state index in [2.05, 4.69) is 21.6 Å². The number of rotatable bonds is 8. The first kappa shape index (κ1) is 17.8. The molecular weight excluding hydrogens is 346 g/mol. The number of hydrogen-bond donors (Lipinski definition) is 1. The monoisotopic (exact) mass is 365 g/mol. The average molecular weight is 365 g/mol. The van der Waals surface area contributed by atoms with Crippen molar-refractivity contribution in [2.75, 3.05) is 17.7 Å². The molecule has 1 heterocycles. The lowest BCUT2D eigenvalue weighted by Crippen LogP contribution is -2.08. The molecule has 0 atom stereocenters. The normalized spacial score (nSPS) is 10.3. The van der Waals surface area contributed by atoms with Crippen LogP contribution in [0.15, 0.2) is 59.8 Å². The lowest BCUT2D eigenvalue weighted by molar-refractivity contribution is 0.340. The van der Waals surface area contributed by atoms with E-state index in [1.165, 1.54) is 11.8 Å². The summed E-state index contributed by atoms with van der Waals surface area (Å²) in [6, 6.07) is 19.8. The molecule has 2 aromatic carbocycles. The Balaban J connectivity index is 1.79. The molecule has 0 radical (unpaired) electrons. The van der Waals surface area contributed by atoms with Gasteiger partial charge >= 0.3 is 0 Å². The van der Waals surface area contributed by atoms with Crippen LogP contribution in [0.3, 0.4) is 0 Å². The zero-order chi connectivity index (χ0) is 18.2. The molecule has 0 saturated carbocycles. The quantitative estimate of drug-likeness (QED) is 0.610. The number of thioether (sulfide) groups is 1. The molecule has 0 aliphatic rings. The van der Waals surface area contributed by atoms with E-state index < -0.39 is 0 Å². The van der Waals surface area contributed by atoms with Crippen LogP contribution in [0.5, 0.6) is 5.75 Å². The predicted octanol–water partition coefficient (Wildman–Crippen LogP) is 3.89. The van der Waals surface area contributed by atoms with Gasteiger partial charge in [0.2, 0.25) is 0 Å². The standard InChI is InChI=1S/C19H19N5OS/c1-2-25-17-10-8-15(9-11-17)21-14-18-22-23-19(26-13-12-20)24(18)16-6-4-3-5-7-16/h3-11,21H,2,13-14H2,1H3. The van der Waals surface area contributed by atoms with Crippen LogP contribution >= 0.6 is 11.8 Å². The van der Waals surface area contributed by atoms with Crippen LogP contribution in [0.4, 0.5) is 5.69 Å². The largest absolute Gasteiger partial charge is 0.494 e. The van der Waals surface area contributed by atoms with E-state index >= 15 is 0 Å². The highest BCUT2D eigenvalue weighted by Crippen LogP contribution is 2.23. The highest BCUT2D eigenvalue weighted by molar-refractivity contribution is 7.99. The van der Waals surface area contributed by atoms with Gasteiger partial charge in [-0.05, 0) is 43.3 Å². The van der Waals surface area contributed by atoms with E-state index in [4.69, 9.17) is 10.00 Å². The van der Waals surface area contributed by atoms with Gasteiger partial charge < -0.3 is 10.1 Å². The molecule has 3 rings (SSSR count). The number of benzene rings is 2. The number of anilines is 1.